The third-order valence-electron chi connectivity index (χ3n) is 3.62. The van der Waals surface area contributed by atoms with Crippen LogP contribution in [0, 0.1) is 5.92 Å². The van der Waals surface area contributed by atoms with Gasteiger partial charge < -0.3 is 10.3 Å². The highest BCUT2D eigenvalue weighted by molar-refractivity contribution is 5.00. The van der Waals surface area contributed by atoms with Gasteiger partial charge in [0, 0.05) is 25.3 Å². The molecule has 0 aliphatic carbocycles. The smallest absolute Gasteiger partial charge is 0.0951 e. The molecule has 17 heavy (non-hydrogen) atoms. The van der Waals surface area contributed by atoms with Crippen LogP contribution < -0.4 is 5.73 Å². The molecule has 1 aromatic heterocycles. The van der Waals surface area contributed by atoms with Gasteiger partial charge in [0.15, 0.2) is 0 Å². The van der Waals surface area contributed by atoms with E-state index in [1.807, 2.05) is 12.5 Å². The number of likely N-dealkylation sites (tertiary alicyclic amines) is 1. The third kappa shape index (κ3) is 3.07. The summed E-state index contributed by atoms with van der Waals surface area (Å²) < 4.78 is 2.26. The molecule has 96 valence electrons. The molecule has 4 nitrogen and oxygen atoms in total. The molecule has 1 unspecified atom stereocenters. The number of imidazole rings is 1. The van der Waals surface area contributed by atoms with E-state index in [-0.39, 0.29) is 0 Å². The normalized spacial score (nSPS) is 22.2. The van der Waals surface area contributed by atoms with Gasteiger partial charge in [0.25, 0.3) is 0 Å². The Bertz CT molecular complexity index is 345. The lowest BCUT2D eigenvalue weighted by molar-refractivity contribution is 0.167. The van der Waals surface area contributed by atoms with Crippen molar-refractivity contribution in [3.8, 4) is 0 Å². The average Bonchev–Trinajstić information content (AvgIpc) is 2.77. The predicted molar refractivity (Wildman–Crippen MR) is 69.7 cm³/mol. The van der Waals surface area contributed by atoms with Crippen molar-refractivity contribution in [1.29, 1.82) is 0 Å². The summed E-state index contributed by atoms with van der Waals surface area (Å²) in [6, 6.07) is 0.489. The first-order valence-corrected chi connectivity index (χ1v) is 6.64. The Kier molecular flexibility index (Phi) is 4.18. The van der Waals surface area contributed by atoms with Crippen LogP contribution in [0.15, 0.2) is 12.5 Å². The number of aromatic nitrogens is 2. The van der Waals surface area contributed by atoms with Crippen molar-refractivity contribution in [3.05, 3.63) is 18.2 Å². The summed E-state index contributed by atoms with van der Waals surface area (Å²) in [5.74, 6) is 0.680. The second-order valence-corrected chi connectivity index (χ2v) is 5.37. The topological polar surface area (TPSA) is 47.1 Å². The molecule has 2 N–H and O–H groups in total. The van der Waals surface area contributed by atoms with Crippen molar-refractivity contribution in [2.24, 2.45) is 11.7 Å². The molecule has 0 spiro atoms. The number of nitrogens with two attached hydrogens (primary N) is 1. The SMILES string of the molecule is CC(C)n1cncc1CN1CCCC(CN)C1. The number of nitrogens with zero attached hydrogens (tertiary/aromatic N) is 3. The zero-order valence-corrected chi connectivity index (χ0v) is 11.0. The van der Waals surface area contributed by atoms with Crippen LogP contribution in [0.1, 0.15) is 38.4 Å². The Labute approximate surface area is 104 Å². The van der Waals surface area contributed by atoms with Crippen molar-refractivity contribution in [2.45, 2.75) is 39.3 Å². The van der Waals surface area contributed by atoms with E-state index in [1.165, 1.54) is 25.1 Å². The van der Waals surface area contributed by atoms with Gasteiger partial charge in [-0.1, -0.05) is 0 Å². The molecule has 0 radical (unpaired) electrons. The second-order valence-electron chi connectivity index (χ2n) is 5.37. The highest BCUT2D eigenvalue weighted by Crippen LogP contribution is 2.18. The largest absolute Gasteiger partial charge is 0.331 e. The quantitative estimate of drug-likeness (QED) is 0.864. The van der Waals surface area contributed by atoms with Crippen molar-refractivity contribution < 1.29 is 0 Å². The Balaban J connectivity index is 1.98. The maximum Gasteiger partial charge on any atom is 0.0951 e. The molecule has 2 rings (SSSR count). The van der Waals surface area contributed by atoms with E-state index in [0.29, 0.717) is 12.0 Å². The maximum absolute atomic E-state index is 5.77. The van der Waals surface area contributed by atoms with Gasteiger partial charge in [-0.15, -0.1) is 0 Å². The standard InChI is InChI=1S/C13H24N4/c1-11(2)17-10-15-7-13(17)9-16-5-3-4-12(6-14)8-16/h7,10-12H,3-6,8-9,14H2,1-2H3. The fraction of sp³-hybridized carbons (Fsp3) is 0.769. The second kappa shape index (κ2) is 5.65. The minimum Gasteiger partial charge on any atom is -0.331 e. The van der Waals surface area contributed by atoms with Gasteiger partial charge in [-0.2, -0.15) is 0 Å². The average molecular weight is 236 g/mol. The van der Waals surface area contributed by atoms with Crippen LogP contribution >= 0.6 is 0 Å². The van der Waals surface area contributed by atoms with Gasteiger partial charge in [0.1, 0.15) is 0 Å². The number of piperidine rings is 1. The fourth-order valence-corrected chi connectivity index (χ4v) is 2.64. The van der Waals surface area contributed by atoms with Gasteiger partial charge >= 0.3 is 0 Å². The molecule has 1 aromatic rings. The van der Waals surface area contributed by atoms with Crippen LogP contribution in [0.4, 0.5) is 0 Å². The van der Waals surface area contributed by atoms with Crippen molar-refractivity contribution in [1.82, 2.24) is 14.5 Å². The van der Waals surface area contributed by atoms with Crippen molar-refractivity contribution in [2.75, 3.05) is 19.6 Å². The maximum atomic E-state index is 5.77. The monoisotopic (exact) mass is 236 g/mol. The van der Waals surface area contributed by atoms with Crippen molar-refractivity contribution in [3.63, 3.8) is 0 Å². The fourth-order valence-electron chi connectivity index (χ4n) is 2.64. The van der Waals surface area contributed by atoms with Gasteiger partial charge in [-0.25, -0.2) is 4.98 Å². The molecule has 1 fully saturated rings. The van der Waals surface area contributed by atoms with Crippen LogP contribution in [0.2, 0.25) is 0 Å². The first kappa shape index (κ1) is 12.6. The Morgan fingerprint density at radius 3 is 3.06 bits per heavy atom. The third-order valence-corrected chi connectivity index (χ3v) is 3.62. The van der Waals surface area contributed by atoms with Gasteiger partial charge in [-0.3, -0.25) is 4.90 Å². The molecule has 2 heterocycles. The lowest BCUT2D eigenvalue weighted by Crippen LogP contribution is -2.38. The van der Waals surface area contributed by atoms with Crippen LogP contribution in [-0.4, -0.2) is 34.1 Å². The van der Waals surface area contributed by atoms with E-state index in [2.05, 4.69) is 28.3 Å². The molecule has 0 aromatic carbocycles. The molecular weight excluding hydrogens is 212 g/mol. The van der Waals surface area contributed by atoms with E-state index >= 15 is 0 Å². The Morgan fingerprint density at radius 1 is 1.53 bits per heavy atom. The number of hydrogen-bond donors (Lipinski definition) is 1. The minimum atomic E-state index is 0.489. The molecule has 1 aliphatic rings. The first-order valence-electron chi connectivity index (χ1n) is 6.64. The highest BCUT2D eigenvalue weighted by Gasteiger charge is 2.19. The number of hydrogen-bond acceptors (Lipinski definition) is 3. The summed E-state index contributed by atoms with van der Waals surface area (Å²) in [6.07, 6.45) is 6.49. The van der Waals surface area contributed by atoms with Crippen LogP contribution in [0.3, 0.4) is 0 Å². The Hall–Kier alpha value is -0.870. The van der Waals surface area contributed by atoms with Gasteiger partial charge in [0.05, 0.1) is 12.0 Å². The molecule has 0 bridgehead atoms. The molecule has 1 aliphatic heterocycles. The summed E-state index contributed by atoms with van der Waals surface area (Å²) in [7, 11) is 0. The van der Waals surface area contributed by atoms with Gasteiger partial charge in [-0.05, 0) is 45.7 Å². The summed E-state index contributed by atoms with van der Waals surface area (Å²) in [5.41, 5.74) is 7.09. The minimum absolute atomic E-state index is 0.489. The van der Waals surface area contributed by atoms with Crippen molar-refractivity contribution >= 4 is 0 Å². The zero-order valence-electron chi connectivity index (χ0n) is 11.0. The molecule has 0 saturated carbocycles. The summed E-state index contributed by atoms with van der Waals surface area (Å²) in [5, 5.41) is 0. The van der Waals surface area contributed by atoms with Gasteiger partial charge in [0.2, 0.25) is 0 Å². The molecule has 4 heteroatoms. The van der Waals surface area contributed by atoms with Crippen LogP contribution in [0.25, 0.3) is 0 Å². The van der Waals surface area contributed by atoms with E-state index in [1.54, 1.807) is 0 Å². The van der Waals surface area contributed by atoms with Crippen LogP contribution in [-0.2, 0) is 6.54 Å². The predicted octanol–water partition coefficient (Wildman–Crippen LogP) is 1.63. The Morgan fingerprint density at radius 2 is 2.35 bits per heavy atom. The lowest BCUT2D eigenvalue weighted by Gasteiger charge is -2.32. The first-order chi connectivity index (χ1) is 8.20. The molecular formula is C13H24N4. The van der Waals surface area contributed by atoms with E-state index in [0.717, 1.165) is 19.6 Å². The summed E-state index contributed by atoms with van der Waals surface area (Å²) in [4.78, 5) is 6.77. The molecule has 0 amide bonds. The summed E-state index contributed by atoms with van der Waals surface area (Å²) in [6.45, 7) is 8.56. The molecule has 1 atom stereocenters. The zero-order chi connectivity index (χ0) is 12.3. The molecule has 1 saturated heterocycles. The van der Waals surface area contributed by atoms with Crippen LogP contribution in [0.5, 0.6) is 0 Å². The highest BCUT2D eigenvalue weighted by atomic mass is 15.2. The van der Waals surface area contributed by atoms with E-state index < -0.39 is 0 Å². The van der Waals surface area contributed by atoms with E-state index in [9.17, 15) is 0 Å². The summed E-state index contributed by atoms with van der Waals surface area (Å²) >= 11 is 0. The number of rotatable bonds is 4. The lowest BCUT2D eigenvalue weighted by atomic mass is 9.98. The van der Waals surface area contributed by atoms with E-state index in [4.69, 9.17) is 5.73 Å².